The third-order valence-electron chi connectivity index (χ3n) is 2.17. The molecule has 0 aliphatic carbocycles. The van der Waals surface area contributed by atoms with Crippen LogP contribution in [0.4, 0.5) is 10.5 Å². The van der Waals surface area contributed by atoms with Gasteiger partial charge in [0, 0.05) is 12.1 Å². The number of carbonyl (C=O) groups excluding carboxylic acids is 1. The van der Waals surface area contributed by atoms with Gasteiger partial charge in [0.25, 0.3) is 0 Å². The molecule has 0 bridgehead atoms. The molecule has 1 aromatic carbocycles. The normalized spacial score (nSPS) is 11.1. The average Bonchev–Trinajstić information content (AvgIpc) is 2.25. The van der Waals surface area contributed by atoms with Crippen molar-refractivity contribution in [1.82, 2.24) is 5.32 Å². The molecule has 1 rings (SSSR count). The van der Waals surface area contributed by atoms with Gasteiger partial charge in [0.05, 0.1) is 17.8 Å². The molecule has 0 aliphatic rings. The van der Waals surface area contributed by atoms with Gasteiger partial charge >= 0.3 is 6.03 Å². The first-order valence-corrected chi connectivity index (χ1v) is 5.20. The van der Waals surface area contributed by atoms with E-state index in [9.17, 15) is 15.0 Å². The molecule has 18 heavy (non-hydrogen) atoms. The molecule has 0 heterocycles. The molecule has 6 N–H and O–H groups in total. The maximum Gasteiger partial charge on any atom is 0.319 e. The van der Waals surface area contributed by atoms with Crippen molar-refractivity contribution in [3.8, 4) is 17.2 Å². The molecule has 0 saturated heterocycles. The van der Waals surface area contributed by atoms with Gasteiger partial charge in [-0.25, -0.2) is 4.79 Å². The van der Waals surface area contributed by atoms with E-state index in [0.29, 0.717) is 0 Å². The SMILES string of the molecule is CC(C)(CO)NC(=O)Nc1cc(O)c(O)c(O)c1. The van der Waals surface area contributed by atoms with Crippen LogP contribution < -0.4 is 10.6 Å². The lowest BCUT2D eigenvalue weighted by Crippen LogP contribution is -2.48. The third-order valence-corrected chi connectivity index (χ3v) is 2.17. The van der Waals surface area contributed by atoms with Gasteiger partial charge in [0.2, 0.25) is 0 Å². The molecule has 0 spiro atoms. The first-order chi connectivity index (χ1) is 8.25. The molecular formula is C11H16N2O5. The van der Waals surface area contributed by atoms with Gasteiger partial charge in [-0.2, -0.15) is 0 Å². The molecule has 0 aromatic heterocycles. The number of amides is 2. The number of aliphatic hydroxyl groups excluding tert-OH is 1. The average molecular weight is 256 g/mol. The second kappa shape index (κ2) is 5.01. The Labute approximate surface area is 104 Å². The summed E-state index contributed by atoms with van der Waals surface area (Å²) in [5, 5.41) is 41.4. The Morgan fingerprint density at radius 3 is 2.17 bits per heavy atom. The summed E-state index contributed by atoms with van der Waals surface area (Å²) in [4.78, 5) is 11.5. The first kappa shape index (κ1) is 13.9. The van der Waals surface area contributed by atoms with Crippen LogP contribution in [0.3, 0.4) is 0 Å². The van der Waals surface area contributed by atoms with Crippen LogP contribution in [-0.4, -0.2) is 38.6 Å². The zero-order chi connectivity index (χ0) is 13.9. The summed E-state index contributed by atoms with van der Waals surface area (Å²) >= 11 is 0. The zero-order valence-electron chi connectivity index (χ0n) is 10.1. The lowest BCUT2D eigenvalue weighted by Gasteiger charge is -2.23. The van der Waals surface area contributed by atoms with Crippen molar-refractivity contribution in [1.29, 1.82) is 0 Å². The number of phenols is 3. The number of nitrogens with one attached hydrogen (secondary N) is 2. The van der Waals surface area contributed by atoms with Crippen molar-refractivity contribution in [2.75, 3.05) is 11.9 Å². The lowest BCUT2D eigenvalue weighted by atomic mass is 10.1. The van der Waals surface area contributed by atoms with E-state index in [1.54, 1.807) is 13.8 Å². The molecule has 0 saturated carbocycles. The molecule has 0 unspecified atom stereocenters. The number of hydrogen-bond donors (Lipinski definition) is 6. The monoisotopic (exact) mass is 256 g/mol. The van der Waals surface area contributed by atoms with Crippen LogP contribution in [0.15, 0.2) is 12.1 Å². The van der Waals surface area contributed by atoms with E-state index in [0.717, 1.165) is 12.1 Å². The highest BCUT2D eigenvalue weighted by molar-refractivity contribution is 5.90. The van der Waals surface area contributed by atoms with Gasteiger partial charge in [0.1, 0.15) is 0 Å². The minimum absolute atomic E-state index is 0.106. The molecular weight excluding hydrogens is 240 g/mol. The largest absolute Gasteiger partial charge is 0.504 e. The smallest absolute Gasteiger partial charge is 0.319 e. The fourth-order valence-electron chi connectivity index (χ4n) is 1.19. The Balaban J connectivity index is 2.77. The molecule has 7 heteroatoms. The number of hydrogen-bond acceptors (Lipinski definition) is 5. The minimum atomic E-state index is -0.801. The predicted molar refractivity (Wildman–Crippen MR) is 64.8 cm³/mol. The Hall–Kier alpha value is -2.15. The summed E-state index contributed by atoms with van der Waals surface area (Å²) in [7, 11) is 0. The van der Waals surface area contributed by atoms with E-state index in [1.807, 2.05) is 0 Å². The molecule has 2 amide bonds. The number of aliphatic hydroxyl groups is 1. The van der Waals surface area contributed by atoms with Gasteiger partial charge in [-0.05, 0) is 13.8 Å². The molecule has 7 nitrogen and oxygen atoms in total. The maximum atomic E-state index is 11.5. The van der Waals surface area contributed by atoms with Gasteiger partial charge in [-0.15, -0.1) is 0 Å². The Bertz CT molecular complexity index is 436. The fourth-order valence-corrected chi connectivity index (χ4v) is 1.19. The minimum Gasteiger partial charge on any atom is -0.504 e. The Morgan fingerprint density at radius 2 is 1.72 bits per heavy atom. The van der Waals surface area contributed by atoms with E-state index < -0.39 is 28.8 Å². The van der Waals surface area contributed by atoms with Crippen LogP contribution in [0, 0.1) is 0 Å². The number of anilines is 1. The van der Waals surface area contributed by atoms with E-state index in [4.69, 9.17) is 10.2 Å². The summed E-state index contributed by atoms with van der Waals surface area (Å²) in [5.74, 6) is -1.75. The number of aromatic hydroxyl groups is 3. The second-order valence-electron chi connectivity index (χ2n) is 4.48. The number of carbonyl (C=O) groups is 1. The molecule has 1 aromatic rings. The highest BCUT2D eigenvalue weighted by Crippen LogP contribution is 2.37. The van der Waals surface area contributed by atoms with E-state index >= 15 is 0 Å². The van der Waals surface area contributed by atoms with Crippen LogP contribution in [0.1, 0.15) is 13.8 Å². The van der Waals surface area contributed by atoms with E-state index in [2.05, 4.69) is 10.6 Å². The summed E-state index contributed by atoms with van der Waals surface area (Å²) < 4.78 is 0. The van der Waals surface area contributed by atoms with Crippen LogP contribution in [0.5, 0.6) is 17.2 Å². The number of benzene rings is 1. The van der Waals surface area contributed by atoms with Crippen molar-refractivity contribution in [2.45, 2.75) is 19.4 Å². The first-order valence-electron chi connectivity index (χ1n) is 5.20. The quantitative estimate of drug-likeness (QED) is 0.351. The number of phenolic OH excluding ortho intramolecular Hbond substituents is 3. The maximum absolute atomic E-state index is 11.5. The summed E-state index contributed by atoms with van der Waals surface area (Å²) in [6.07, 6.45) is 0. The summed E-state index contributed by atoms with van der Waals surface area (Å²) in [5.41, 5.74) is -0.695. The lowest BCUT2D eigenvalue weighted by molar-refractivity contribution is 0.187. The van der Waals surface area contributed by atoms with Crippen LogP contribution in [-0.2, 0) is 0 Å². The molecule has 0 atom stereocenters. The van der Waals surface area contributed by atoms with Crippen molar-refractivity contribution < 1.29 is 25.2 Å². The van der Waals surface area contributed by atoms with Crippen LogP contribution >= 0.6 is 0 Å². The highest BCUT2D eigenvalue weighted by atomic mass is 16.3. The van der Waals surface area contributed by atoms with Gasteiger partial charge in [-0.1, -0.05) is 0 Å². The van der Waals surface area contributed by atoms with Crippen molar-refractivity contribution in [3.63, 3.8) is 0 Å². The topological polar surface area (TPSA) is 122 Å². The molecule has 0 radical (unpaired) electrons. The van der Waals surface area contributed by atoms with Gasteiger partial charge < -0.3 is 31.1 Å². The summed E-state index contributed by atoms with van der Waals surface area (Å²) in [6.45, 7) is 3.00. The number of urea groups is 1. The van der Waals surface area contributed by atoms with Crippen molar-refractivity contribution in [3.05, 3.63) is 12.1 Å². The third kappa shape index (κ3) is 3.42. The standard InChI is InChI=1S/C11H16N2O5/c1-11(2,5-14)13-10(18)12-6-3-7(15)9(17)8(16)4-6/h3-4,14-17H,5H2,1-2H3,(H2,12,13,18). The van der Waals surface area contributed by atoms with Crippen LogP contribution in [0.2, 0.25) is 0 Å². The molecule has 0 aliphatic heterocycles. The van der Waals surface area contributed by atoms with Gasteiger partial charge in [-0.3, -0.25) is 0 Å². The Morgan fingerprint density at radius 1 is 1.22 bits per heavy atom. The number of rotatable bonds is 3. The molecule has 0 fully saturated rings. The second-order valence-corrected chi connectivity index (χ2v) is 4.48. The van der Waals surface area contributed by atoms with Crippen LogP contribution in [0.25, 0.3) is 0 Å². The summed E-state index contributed by atoms with van der Waals surface area (Å²) in [6, 6.07) is 1.56. The van der Waals surface area contributed by atoms with Gasteiger partial charge in [0.15, 0.2) is 17.2 Å². The van der Waals surface area contributed by atoms with E-state index in [-0.39, 0.29) is 12.3 Å². The van der Waals surface area contributed by atoms with Crippen molar-refractivity contribution in [2.24, 2.45) is 0 Å². The van der Waals surface area contributed by atoms with Crippen molar-refractivity contribution >= 4 is 11.7 Å². The Kier molecular flexibility index (Phi) is 3.87. The highest BCUT2D eigenvalue weighted by Gasteiger charge is 2.19. The zero-order valence-corrected chi connectivity index (χ0v) is 10.1. The fraction of sp³-hybridized carbons (Fsp3) is 0.364. The molecule has 100 valence electrons. The van der Waals surface area contributed by atoms with E-state index in [1.165, 1.54) is 0 Å². The predicted octanol–water partition coefficient (Wildman–Crippen LogP) is 0.696.